The second-order valence-corrected chi connectivity index (χ2v) is 6.91. The smallest absolute Gasteiger partial charge is 0.225 e. The fourth-order valence-corrected chi connectivity index (χ4v) is 4.52. The van der Waals surface area contributed by atoms with Crippen LogP contribution in [0.2, 0.25) is 0 Å². The normalized spacial score (nSPS) is 36.7. The van der Waals surface area contributed by atoms with Crippen LogP contribution < -0.4 is 5.73 Å². The molecule has 0 radical (unpaired) electrons. The predicted octanol–water partition coefficient (Wildman–Crippen LogP) is 2.96. The van der Waals surface area contributed by atoms with Crippen molar-refractivity contribution in [3.63, 3.8) is 0 Å². The number of nitrogens with zero attached hydrogens (tertiary/aromatic N) is 1. The lowest BCUT2D eigenvalue weighted by atomic mass is 9.64. The van der Waals surface area contributed by atoms with Crippen LogP contribution >= 0.6 is 12.4 Å². The molecule has 3 rings (SSSR count). The van der Waals surface area contributed by atoms with E-state index in [4.69, 9.17) is 5.73 Å². The highest BCUT2D eigenvalue weighted by Crippen LogP contribution is 2.43. The van der Waals surface area contributed by atoms with E-state index in [2.05, 4.69) is 11.8 Å². The van der Waals surface area contributed by atoms with Crippen LogP contribution in [0.25, 0.3) is 0 Å². The minimum absolute atomic E-state index is 0. The second kappa shape index (κ2) is 6.65. The summed E-state index contributed by atoms with van der Waals surface area (Å²) in [6.45, 7) is 3.02. The van der Waals surface area contributed by atoms with Gasteiger partial charge in [-0.2, -0.15) is 0 Å². The fourth-order valence-electron chi connectivity index (χ4n) is 4.52. The van der Waals surface area contributed by atoms with Gasteiger partial charge in [-0.25, -0.2) is 0 Å². The van der Waals surface area contributed by atoms with Gasteiger partial charge in [-0.1, -0.05) is 6.42 Å². The van der Waals surface area contributed by atoms with Gasteiger partial charge in [-0.3, -0.25) is 4.79 Å². The number of nitrogens with two attached hydrogens (primary N) is 1. The number of hydrogen-bond donors (Lipinski definition) is 1. The van der Waals surface area contributed by atoms with Gasteiger partial charge in [-0.15, -0.1) is 12.4 Å². The molecule has 2 N–H and O–H groups in total. The molecule has 3 nitrogen and oxygen atoms in total. The first-order valence-corrected chi connectivity index (χ1v) is 8.26. The first kappa shape index (κ1) is 16.1. The molecule has 2 unspecified atom stereocenters. The van der Waals surface area contributed by atoms with E-state index in [0.29, 0.717) is 29.8 Å². The van der Waals surface area contributed by atoms with Crippen LogP contribution in [0.3, 0.4) is 0 Å². The first-order valence-electron chi connectivity index (χ1n) is 8.26. The molecule has 0 heterocycles. The number of hydrogen-bond acceptors (Lipinski definition) is 2. The van der Waals surface area contributed by atoms with E-state index in [1.54, 1.807) is 0 Å². The third-order valence-corrected chi connectivity index (χ3v) is 5.90. The Morgan fingerprint density at radius 1 is 1.10 bits per heavy atom. The van der Waals surface area contributed by atoms with E-state index in [1.165, 1.54) is 38.5 Å². The Bertz CT molecular complexity index is 331. The molecule has 0 aromatic carbocycles. The number of amides is 1. The molecule has 3 saturated carbocycles. The van der Waals surface area contributed by atoms with Crippen molar-refractivity contribution in [3.8, 4) is 0 Å². The quantitative estimate of drug-likeness (QED) is 0.871. The van der Waals surface area contributed by atoms with Crippen molar-refractivity contribution >= 4 is 18.3 Å². The lowest BCUT2D eigenvalue weighted by Crippen LogP contribution is -2.52. The number of carbonyl (C=O) groups is 1. The van der Waals surface area contributed by atoms with Gasteiger partial charge in [0.05, 0.1) is 0 Å². The summed E-state index contributed by atoms with van der Waals surface area (Å²) >= 11 is 0. The third-order valence-electron chi connectivity index (χ3n) is 5.90. The molecule has 0 saturated heterocycles. The summed E-state index contributed by atoms with van der Waals surface area (Å²) in [7, 11) is 0. The predicted molar refractivity (Wildman–Crippen MR) is 83.8 cm³/mol. The zero-order chi connectivity index (χ0) is 13.4. The summed E-state index contributed by atoms with van der Waals surface area (Å²) in [4.78, 5) is 15.0. The van der Waals surface area contributed by atoms with Crippen molar-refractivity contribution < 1.29 is 4.79 Å². The van der Waals surface area contributed by atoms with Gasteiger partial charge in [-0.05, 0) is 63.7 Å². The van der Waals surface area contributed by atoms with Crippen molar-refractivity contribution in [1.82, 2.24) is 4.90 Å². The molecule has 1 amide bonds. The molecule has 0 spiro atoms. The van der Waals surface area contributed by atoms with Crippen LogP contribution in [0.5, 0.6) is 0 Å². The van der Waals surface area contributed by atoms with Crippen LogP contribution in [0.4, 0.5) is 0 Å². The van der Waals surface area contributed by atoms with Gasteiger partial charge in [0.1, 0.15) is 0 Å². The Morgan fingerprint density at radius 3 is 2.10 bits per heavy atom. The maximum atomic E-state index is 12.8. The monoisotopic (exact) mass is 300 g/mol. The van der Waals surface area contributed by atoms with Crippen LogP contribution in [-0.2, 0) is 4.79 Å². The molecule has 0 aliphatic heterocycles. The number of carbonyl (C=O) groups excluding carboxylic acids is 1. The molecule has 0 aromatic rings. The maximum absolute atomic E-state index is 12.8. The molecule has 2 bridgehead atoms. The molecule has 2 atom stereocenters. The lowest BCUT2D eigenvalue weighted by Gasteiger charge is -2.46. The van der Waals surface area contributed by atoms with Crippen molar-refractivity contribution in [2.45, 2.75) is 70.4 Å². The van der Waals surface area contributed by atoms with Crippen molar-refractivity contribution in [2.24, 2.45) is 23.5 Å². The van der Waals surface area contributed by atoms with Crippen LogP contribution in [0.1, 0.15) is 58.3 Å². The number of rotatable bonds is 3. The third kappa shape index (κ3) is 2.85. The molecule has 3 aliphatic rings. The maximum Gasteiger partial charge on any atom is 0.225 e. The van der Waals surface area contributed by atoms with E-state index in [0.717, 1.165) is 19.4 Å². The van der Waals surface area contributed by atoms with Crippen molar-refractivity contribution in [3.05, 3.63) is 0 Å². The zero-order valence-electron chi connectivity index (χ0n) is 12.6. The Hall–Kier alpha value is -0.280. The average Bonchev–Trinajstić information content (AvgIpc) is 2.32. The minimum Gasteiger partial charge on any atom is -0.340 e. The van der Waals surface area contributed by atoms with Crippen LogP contribution in [0.15, 0.2) is 0 Å². The van der Waals surface area contributed by atoms with E-state index in [9.17, 15) is 4.79 Å². The summed E-state index contributed by atoms with van der Waals surface area (Å²) in [5.74, 6) is 1.94. The van der Waals surface area contributed by atoms with Gasteiger partial charge in [0.15, 0.2) is 0 Å². The SMILES string of the molecule is CCN(C(=O)C1CC2CCCC(C1)C2N)C1CCC1.Cl. The molecule has 3 fully saturated rings. The summed E-state index contributed by atoms with van der Waals surface area (Å²) in [5.41, 5.74) is 6.33. The van der Waals surface area contributed by atoms with Gasteiger partial charge in [0.25, 0.3) is 0 Å². The van der Waals surface area contributed by atoms with Crippen LogP contribution in [-0.4, -0.2) is 29.4 Å². The zero-order valence-corrected chi connectivity index (χ0v) is 13.4. The van der Waals surface area contributed by atoms with Gasteiger partial charge in [0, 0.05) is 24.5 Å². The molecular formula is C16H29ClN2O. The van der Waals surface area contributed by atoms with Crippen LogP contribution in [0, 0.1) is 17.8 Å². The highest BCUT2D eigenvalue weighted by molar-refractivity contribution is 5.85. The topological polar surface area (TPSA) is 46.3 Å². The highest BCUT2D eigenvalue weighted by Gasteiger charge is 2.42. The molecule has 3 aliphatic carbocycles. The molecule has 4 heteroatoms. The highest BCUT2D eigenvalue weighted by atomic mass is 35.5. The summed E-state index contributed by atoms with van der Waals surface area (Å²) in [6.07, 6.45) is 9.67. The Balaban J connectivity index is 0.00000147. The number of fused-ring (bicyclic) bond motifs is 2. The Morgan fingerprint density at radius 2 is 1.65 bits per heavy atom. The standard InChI is InChI=1S/C16H28N2O.ClH/c1-2-18(14-7-4-8-14)16(19)13-9-11-5-3-6-12(10-13)15(11)17;/h11-15H,2-10,17H2,1H3;1H. The molecule has 116 valence electrons. The Labute approximate surface area is 129 Å². The second-order valence-electron chi connectivity index (χ2n) is 6.91. The van der Waals surface area contributed by atoms with Gasteiger partial charge >= 0.3 is 0 Å². The molecule has 0 aromatic heterocycles. The first-order chi connectivity index (χ1) is 9.20. The largest absolute Gasteiger partial charge is 0.340 e. The molecule has 20 heavy (non-hydrogen) atoms. The van der Waals surface area contributed by atoms with E-state index < -0.39 is 0 Å². The molecular weight excluding hydrogens is 272 g/mol. The van der Waals surface area contributed by atoms with E-state index in [1.807, 2.05) is 0 Å². The average molecular weight is 301 g/mol. The lowest BCUT2D eigenvalue weighted by molar-refractivity contribution is -0.142. The van der Waals surface area contributed by atoms with E-state index in [-0.39, 0.29) is 18.3 Å². The summed E-state index contributed by atoms with van der Waals surface area (Å²) in [6, 6.07) is 0.921. The summed E-state index contributed by atoms with van der Waals surface area (Å²) < 4.78 is 0. The van der Waals surface area contributed by atoms with Gasteiger partial charge < -0.3 is 10.6 Å². The minimum atomic E-state index is 0. The van der Waals surface area contributed by atoms with Gasteiger partial charge in [0.2, 0.25) is 5.91 Å². The fraction of sp³-hybridized carbons (Fsp3) is 0.938. The summed E-state index contributed by atoms with van der Waals surface area (Å²) in [5, 5.41) is 0. The Kier molecular flexibility index (Phi) is 5.36. The van der Waals surface area contributed by atoms with Crippen molar-refractivity contribution in [1.29, 1.82) is 0 Å². The number of halogens is 1. The van der Waals surface area contributed by atoms with Crippen molar-refractivity contribution in [2.75, 3.05) is 6.54 Å². The van der Waals surface area contributed by atoms with E-state index >= 15 is 0 Å².